The third-order valence-electron chi connectivity index (χ3n) is 3.05. The smallest absolute Gasteiger partial charge is 0.102 e. The molecule has 0 radical (unpaired) electrons. The van der Waals surface area contributed by atoms with Crippen molar-refractivity contribution in [2.24, 2.45) is 0 Å². The molecule has 0 aromatic heterocycles. The molecule has 3 heteroatoms. The minimum Gasteiger partial charge on any atom is -0.310 e. The van der Waals surface area contributed by atoms with Crippen LogP contribution < -0.4 is 5.32 Å². The van der Waals surface area contributed by atoms with Crippen molar-refractivity contribution in [2.45, 2.75) is 38.0 Å². The van der Waals surface area contributed by atoms with Crippen molar-refractivity contribution < 1.29 is 4.39 Å². The van der Waals surface area contributed by atoms with Crippen LogP contribution in [0, 0.1) is 11.3 Å². The molecule has 2 atom stereocenters. The summed E-state index contributed by atoms with van der Waals surface area (Å²) in [6, 6.07) is 9.89. The van der Waals surface area contributed by atoms with Crippen LogP contribution in [0.1, 0.15) is 30.4 Å². The summed E-state index contributed by atoms with van der Waals surface area (Å²) >= 11 is 0. The molecule has 1 fully saturated rings. The molecule has 16 heavy (non-hydrogen) atoms. The molecule has 0 bridgehead atoms. The zero-order valence-electron chi connectivity index (χ0n) is 9.12. The highest BCUT2D eigenvalue weighted by Gasteiger charge is 2.23. The van der Waals surface area contributed by atoms with E-state index in [0.717, 1.165) is 18.5 Å². The summed E-state index contributed by atoms with van der Waals surface area (Å²) in [6.07, 6.45) is 1.62. The fraction of sp³-hybridized carbons (Fsp3) is 0.462. The first kappa shape index (κ1) is 11.1. The van der Waals surface area contributed by atoms with Crippen molar-refractivity contribution >= 4 is 0 Å². The Morgan fingerprint density at radius 2 is 2.06 bits per heavy atom. The van der Waals surface area contributed by atoms with Gasteiger partial charge in [0.25, 0.3) is 0 Å². The second-order valence-corrected chi connectivity index (χ2v) is 4.30. The van der Waals surface area contributed by atoms with Crippen LogP contribution in [0.2, 0.25) is 0 Å². The van der Waals surface area contributed by atoms with Gasteiger partial charge in [0.05, 0.1) is 11.6 Å². The van der Waals surface area contributed by atoms with Crippen molar-refractivity contribution in [3.05, 3.63) is 35.4 Å². The quantitative estimate of drug-likeness (QED) is 0.846. The average Bonchev–Trinajstić information content (AvgIpc) is 2.73. The number of hydrogen-bond acceptors (Lipinski definition) is 2. The number of hydrogen-bond donors (Lipinski definition) is 1. The Bertz CT molecular complexity index is 380. The van der Waals surface area contributed by atoms with E-state index in [4.69, 9.17) is 5.26 Å². The summed E-state index contributed by atoms with van der Waals surface area (Å²) in [4.78, 5) is 0. The Morgan fingerprint density at radius 3 is 2.62 bits per heavy atom. The molecule has 2 nitrogen and oxygen atoms in total. The predicted octanol–water partition coefficient (Wildman–Crippen LogP) is 2.54. The number of nitrogens with one attached hydrogen (secondary N) is 1. The van der Waals surface area contributed by atoms with E-state index in [-0.39, 0.29) is 0 Å². The van der Waals surface area contributed by atoms with E-state index in [2.05, 4.69) is 11.4 Å². The number of nitriles is 1. The van der Waals surface area contributed by atoms with Crippen LogP contribution in [0.15, 0.2) is 24.3 Å². The number of rotatable bonds is 3. The van der Waals surface area contributed by atoms with Gasteiger partial charge in [-0.15, -0.1) is 0 Å². The lowest BCUT2D eigenvalue weighted by Gasteiger charge is -2.11. The SMILES string of the molecule is N#Cc1ccc(CNC2CCC(F)C2)cc1. The Labute approximate surface area is 95.1 Å². The van der Waals surface area contributed by atoms with Gasteiger partial charge < -0.3 is 5.32 Å². The van der Waals surface area contributed by atoms with Gasteiger partial charge in [0.2, 0.25) is 0 Å². The highest BCUT2D eigenvalue weighted by Crippen LogP contribution is 2.22. The van der Waals surface area contributed by atoms with E-state index in [9.17, 15) is 4.39 Å². The Balaban J connectivity index is 1.83. The van der Waals surface area contributed by atoms with Crippen molar-refractivity contribution in [2.75, 3.05) is 0 Å². The summed E-state index contributed by atoms with van der Waals surface area (Å²) < 4.78 is 12.9. The average molecular weight is 218 g/mol. The topological polar surface area (TPSA) is 35.8 Å². The van der Waals surface area contributed by atoms with E-state index in [1.165, 1.54) is 0 Å². The van der Waals surface area contributed by atoms with E-state index in [0.29, 0.717) is 24.4 Å². The zero-order valence-corrected chi connectivity index (χ0v) is 9.12. The third-order valence-corrected chi connectivity index (χ3v) is 3.05. The first-order valence-corrected chi connectivity index (χ1v) is 5.64. The van der Waals surface area contributed by atoms with Crippen LogP contribution in [-0.2, 0) is 6.54 Å². The molecule has 2 rings (SSSR count). The molecular weight excluding hydrogens is 203 g/mol. The lowest BCUT2D eigenvalue weighted by molar-refractivity contribution is 0.333. The highest BCUT2D eigenvalue weighted by molar-refractivity contribution is 5.31. The van der Waals surface area contributed by atoms with Gasteiger partial charge in [-0.1, -0.05) is 12.1 Å². The fourth-order valence-electron chi connectivity index (χ4n) is 2.07. The molecule has 1 N–H and O–H groups in total. The summed E-state index contributed by atoms with van der Waals surface area (Å²) in [6.45, 7) is 0.753. The van der Waals surface area contributed by atoms with Crippen molar-refractivity contribution in [3.8, 4) is 6.07 Å². The van der Waals surface area contributed by atoms with Crippen molar-refractivity contribution in [1.29, 1.82) is 5.26 Å². The maximum Gasteiger partial charge on any atom is 0.102 e. The van der Waals surface area contributed by atoms with Crippen LogP contribution in [0.5, 0.6) is 0 Å². The first-order chi connectivity index (χ1) is 7.78. The maximum atomic E-state index is 12.9. The standard InChI is InChI=1S/C13H15FN2/c14-12-5-6-13(7-12)16-9-11-3-1-10(8-15)2-4-11/h1-4,12-13,16H,5-7,9H2. The van der Waals surface area contributed by atoms with Gasteiger partial charge >= 0.3 is 0 Å². The van der Waals surface area contributed by atoms with Gasteiger partial charge in [0, 0.05) is 12.6 Å². The molecule has 1 saturated carbocycles. The van der Waals surface area contributed by atoms with Crippen molar-refractivity contribution in [1.82, 2.24) is 5.32 Å². The Hall–Kier alpha value is -1.40. The second kappa shape index (κ2) is 5.09. The molecule has 1 aliphatic rings. The van der Waals surface area contributed by atoms with E-state index < -0.39 is 6.17 Å². The molecule has 0 spiro atoms. The van der Waals surface area contributed by atoms with Gasteiger partial charge in [-0.3, -0.25) is 0 Å². The molecule has 0 heterocycles. The normalized spacial score (nSPS) is 24.2. The molecule has 84 valence electrons. The lowest BCUT2D eigenvalue weighted by atomic mass is 10.1. The summed E-state index contributed by atoms with van der Waals surface area (Å²) in [5.74, 6) is 0. The fourth-order valence-corrected chi connectivity index (χ4v) is 2.07. The Morgan fingerprint density at radius 1 is 1.31 bits per heavy atom. The van der Waals surface area contributed by atoms with Crippen molar-refractivity contribution in [3.63, 3.8) is 0 Å². The van der Waals surface area contributed by atoms with Crippen LogP contribution in [-0.4, -0.2) is 12.2 Å². The minimum atomic E-state index is -0.626. The molecule has 0 amide bonds. The summed E-state index contributed by atoms with van der Waals surface area (Å²) in [5.41, 5.74) is 1.81. The number of nitrogens with zero attached hydrogens (tertiary/aromatic N) is 1. The number of alkyl halides is 1. The first-order valence-electron chi connectivity index (χ1n) is 5.64. The van der Waals surface area contributed by atoms with Gasteiger partial charge in [0.15, 0.2) is 0 Å². The lowest BCUT2D eigenvalue weighted by Crippen LogP contribution is -2.25. The van der Waals surface area contributed by atoms with Crippen LogP contribution >= 0.6 is 0 Å². The van der Waals surface area contributed by atoms with Gasteiger partial charge in [-0.05, 0) is 37.0 Å². The number of halogens is 1. The molecule has 1 aromatic carbocycles. The van der Waals surface area contributed by atoms with E-state index in [1.54, 1.807) is 0 Å². The molecule has 1 aromatic rings. The molecule has 1 aliphatic carbocycles. The third kappa shape index (κ3) is 2.80. The summed E-state index contributed by atoms with van der Waals surface area (Å²) in [5, 5.41) is 12.0. The van der Waals surface area contributed by atoms with Gasteiger partial charge in [-0.2, -0.15) is 5.26 Å². The monoisotopic (exact) mass is 218 g/mol. The minimum absolute atomic E-state index is 0.311. The summed E-state index contributed by atoms with van der Waals surface area (Å²) in [7, 11) is 0. The molecule has 2 unspecified atom stereocenters. The maximum absolute atomic E-state index is 12.9. The van der Waals surface area contributed by atoms with E-state index in [1.807, 2.05) is 24.3 Å². The van der Waals surface area contributed by atoms with Gasteiger partial charge in [-0.25, -0.2) is 4.39 Å². The zero-order chi connectivity index (χ0) is 11.4. The van der Waals surface area contributed by atoms with Crippen LogP contribution in [0.3, 0.4) is 0 Å². The van der Waals surface area contributed by atoms with Gasteiger partial charge in [0.1, 0.15) is 6.17 Å². The van der Waals surface area contributed by atoms with Crippen LogP contribution in [0.25, 0.3) is 0 Å². The Kier molecular flexibility index (Phi) is 3.53. The largest absolute Gasteiger partial charge is 0.310 e. The second-order valence-electron chi connectivity index (χ2n) is 4.30. The molecule has 0 aliphatic heterocycles. The predicted molar refractivity (Wildman–Crippen MR) is 60.5 cm³/mol. The molecule has 0 saturated heterocycles. The molecular formula is C13H15FN2. The highest BCUT2D eigenvalue weighted by atomic mass is 19.1. The van der Waals surface area contributed by atoms with Crippen LogP contribution in [0.4, 0.5) is 4.39 Å². The number of benzene rings is 1. The van der Waals surface area contributed by atoms with E-state index >= 15 is 0 Å².